The van der Waals surface area contributed by atoms with E-state index in [9.17, 15) is 4.79 Å². The Morgan fingerprint density at radius 2 is 1.91 bits per heavy atom. The first kappa shape index (κ1) is 16.3. The van der Waals surface area contributed by atoms with Gasteiger partial charge >= 0.3 is 0 Å². The van der Waals surface area contributed by atoms with Gasteiger partial charge in [0, 0.05) is 24.1 Å². The third-order valence-electron chi connectivity index (χ3n) is 5.11. The lowest BCUT2D eigenvalue weighted by Crippen LogP contribution is -2.37. The number of carbonyl (C=O) groups is 1. The first-order valence-electron chi connectivity index (χ1n) is 9.00. The normalized spacial score (nSPS) is 25.3. The van der Waals surface area contributed by atoms with Gasteiger partial charge in [0.15, 0.2) is 0 Å². The summed E-state index contributed by atoms with van der Waals surface area (Å²) in [4.78, 5) is 12.4. The van der Waals surface area contributed by atoms with E-state index in [2.05, 4.69) is 5.32 Å². The van der Waals surface area contributed by atoms with E-state index < -0.39 is 0 Å². The molecule has 2 fully saturated rings. The molecule has 3 rings (SSSR count). The summed E-state index contributed by atoms with van der Waals surface area (Å²) < 4.78 is 6.13. The predicted octanol–water partition coefficient (Wildman–Crippen LogP) is 3.14. The summed E-state index contributed by atoms with van der Waals surface area (Å²) in [6, 6.07) is 8.22. The molecule has 126 valence electrons. The van der Waals surface area contributed by atoms with Crippen molar-refractivity contribution in [3.8, 4) is 5.75 Å². The molecule has 2 atom stereocenters. The fourth-order valence-corrected chi connectivity index (χ4v) is 3.74. The molecule has 4 nitrogen and oxygen atoms in total. The number of nitrogens with one attached hydrogen (secondary N) is 1. The van der Waals surface area contributed by atoms with Crippen LogP contribution in [0.2, 0.25) is 0 Å². The molecular weight excluding hydrogens is 288 g/mol. The first-order chi connectivity index (χ1) is 11.2. The van der Waals surface area contributed by atoms with E-state index in [1.165, 1.54) is 12.8 Å². The molecule has 1 aromatic carbocycles. The van der Waals surface area contributed by atoms with Crippen LogP contribution in [0.5, 0.6) is 5.75 Å². The fraction of sp³-hybridized carbons (Fsp3) is 0.632. The van der Waals surface area contributed by atoms with Gasteiger partial charge in [-0.05, 0) is 51.0 Å². The molecule has 4 heteroatoms. The van der Waals surface area contributed by atoms with Crippen molar-refractivity contribution in [3.05, 3.63) is 29.8 Å². The van der Waals surface area contributed by atoms with Gasteiger partial charge in [-0.3, -0.25) is 4.79 Å². The zero-order chi connectivity index (χ0) is 16.1. The monoisotopic (exact) mass is 316 g/mol. The van der Waals surface area contributed by atoms with Gasteiger partial charge in [0.1, 0.15) is 5.75 Å². The largest absolute Gasteiger partial charge is 0.490 e. The molecule has 1 aromatic rings. The van der Waals surface area contributed by atoms with Gasteiger partial charge < -0.3 is 15.8 Å². The molecular formula is C19H28N2O2. The Bertz CT molecular complexity index is 526. The number of nitrogens with two attached hydrogens (primary N) is 1. The second kappa shape index (κ2) is 7.82. The van der Waals surface area contributed by atoms with Crippen LogP contribution in [-0.4, -0.2) is 18.1 Å². The zero-order valence-electron chi connectivity index (χ0n) is 13.8. The highest BCUT2D eigenvalue weighted by Crippen LogP contribution is 2.27. The highest BCUT2D eigenvalue weighted by Gasteiger charge is 2.25. The topological polar surface area (TPSA) is 64.4 Å². The van der Waals surface area contributed by atoms with Crippen LogP contribution in [0.1, 0.15) is 56.9 Å². The number of benzene rings is 1. The smallest absolute Gasteiger partial charge is 0.223 e. The van der Waals surface area contributed by atoms with Gasteiger partial charge in [-0.25, -0.2) is 0 Å². The summed E-state index contributed by atoms with van der Waals surface area (Å²) in [6.07, 6.45) is 9.00. The van der Waals surface area contributed by atoms with E-state index in [1.807, 2.05) is 24.3 Å². The van der Waals surface area contributed by atoms with Crippen LogP contribution in [0.4, 0.5) is 0 Å². The number of hydrogen-bond donors (Lipinski definition) is 2. The maximum Gasteiger partial charge on any atom is 0.223 e. The van der Waals surface area contributed by atoms with Crippen LogP contribution in [0.25, 0.3) is 0 Å². The summed E-state index contributed by atoms with van der Waals surface area (Å²) in [5.41, 5.74) is 7.05. The fourth-order valence-electron chi connectivity index (χ4n) is 3.74. The van der Waals surface area contributed by atoms with Crippen LogP contribution in [0, 0.1) is 5.92 Å². The van der Waals surface area contributed by atoms with E-state index in [0.717, 1.165) is 49.8 Å². The Balaban J connectivity index is 1.56. The Hall–Kier alpha value is -1.55. The molecule has 2 aliphatic rings. The third kappa shape index (κ3) is 4.47. The average Bonchev–Trinajstić information content (AvgIpc) is 3.07. The van der Waals surface area contributed by atoms with Gasteiger partial charge in [-0.1, -0.05) is 24.6 Å². The molecule has 3 N–H and O–H groups in total. The Morgan fingerprint density at radius 1 is 1.13 bits per heavy atom. The van der Waals surface area contributed by atoms with Gasteiger partial charge in [-0.2, -0.15) is 0 Å². The minimum Gasteiger partial charge on any atom is -0.490 e. The highest BCUT2D eigenvalue weighted by atomic mass is 16.5. The van der Waals surface area contributed by atoms with Crippen molar-refractivity contribution < 1.29 is 9.53 Å². The quantitative estimate of drug-likeness (QED) is 0.877. The third-order valence-corrected chi connectivity index (χ3v) is 5.11. The zero-order valence-corrected chi connectivity index (χ0v) is 13.8. The van der Waals surface area contributed by atoms with Crippen molar-refractivity contribution in [1.82, 2.24) is 5.32 Å². The first-order valence-corrected chi connectivity index (χ1v) is 9.00. The van der Waals surface area contributed by atoms with Crippen molar-refractivity contribution in [3.63, 3.8) is 0 Å². The van der Waals surface area contributed by atoms with E-state index in [0.29, 0.717) is 12.6 Å². The molecule has 0 bridgehead atoms. The second-order valence-electron chi connectivity index (χ2n) is 6.97. The number of rotatable bonds is 5. The van der Waals surface area contributed by atoms with E-state index >= 15 is 0 Å². The Kier molecular flexibility index (Phi) is 5.55. The van der Waals surface area contributed by atoms with Crippen molar-refractivity contribution in [2.45, 2.75) is 70.1 Å². The van der Waals surface area contributed by atoms with E-state index in [1.54, 1.807) is 0 Å². The van der Waals surface area contributed by atoms with Crippen LogP contribution in [0.3, 0.4) is 0 Å². The summed E-state index contributed by atoms with van der Waals surface area (Å²) in [7, 11) is 0. The lowest BCUT2D eigenvalue weighted by atomic mass is 9.85. The molecule has 2 saturated carbocycles. The Labute approximate surface area is 138 Å². The molecule has 0 aliphatic heterocycles. The average molecular weight is 316 g/mol. The van der Waals surface area contributed by atoms with E-state index in [-0.39, 0.29) is 17.9 Å². The Morgan fingerprint density at radius 3 is 2.70 bits per heavy atom. The molecule has 23 heavy (non-hydrogen) atoms. The predicted molar refractivity (Wildman–Crippen MR) is 91.1 cm³/mol. The minimum atomic E-state index is 0.0710. The van der Waals surface area contributed by atoms with Crippen molar-refractivity contribution in [1.29, 1.82) is 0 Å². The van der Waals surface area contributed by atoms with Gasteiger partial charge in [-0.15, -0.1) is 0 Å². The standard InChI is InChI=1S/C19H28N2O2/c20-16-8-5-7-14(12-16)19(22)21-13-15-6-1-4-11-18(15)23-17-9-2-3-10-17/h1,4,6,11,14,16-17H,2-3,5,7-10,12-13,20H2,(H,21,22). The summed E-state index contributed by atoms with van der Waals surface area (Å²) in [5, 5.41) is 3.08. The molecule has 2 unspecified atom stereocenters. The number of para-hydroxylation sites is 1. The van der Waals surface area contributed by atoms with Crippen LogP contribution >= 0.6 is 0 Å². The maximum atomic E-state index is 12.4. The highest BCUT2D eigenvalue weighted by molar-refractivity contribution is 5.78. The molecule has 1 amide bonds. The summed E-state index contributed by atoms with van der Waals surface area (Å²) in [6.45, 7) is 0.535. The van der Waals surface area contributed by atoms with Crippen molar-refractivity contribution in [2.75, 3.05) is 0 Å². The lowest BCUT2D eigenvalue weighted by molar-refractivity contribution is -0.126. The van der Waals surface area contributed by atoms with Crippen molar-refractivity contribution in [2.24, 2.45) is 11.7 Å². The minimum absolute atomic E-state index is 0.0710. The van der Waals surface area contributed by atoms with Crippen LogP contribution in [0.15, 0.2) is 24.3 Å². The molecule has 0 heterocycles. The molecule has 0 aromatic heterocycles. The number of amides is 1. The van der Waals surface area contributed by atoms with Crippen molar-refractivity contribution >= 4 is 5.91 Å². The second-order valence-corrected chi connectivity index (χ2v) is 6.97. The summed E-state index contributed by atoms with van der Waals surface area (Å²) in [5.74, 6) is 1.12. The molecule has 2 aliphatic carbocycles. The van der Waals surface area contributed by atoms with Gasteiger partial charge in [0.2, 0.25) is 5.91 Å². The maximum absolute atomic E-state index is 12.4. The number of carbonyl (C=O) groups excluding carboxylic acids is 1. The number of ether oxygens (including phenoxy) is 1. The van der Waals surface area contributed by atoms with Crippen LogP contribution < -0.4 is 15.8 Å². The SMILES string of the molecule is NC1CCCC(C(=O)NCc2ccccc2OC2CCCC2)C1. The van der Waals surface area contributed by atoms with E-state index in [4.69, 9.17) is 10.5 Å². The molecule has 0 radical (unpaired) electrons. The molecule has 0 spiro atoms. The van der Waals surface area contributed by atoms with Crippen LogP contribution in [-0.2, 0) is 11.3 Å². The number of hydrogen-bond acceptors (Lipinski definition) is 3. The van der Waals surface area contributed by atoms with Gasteiger partial charge in [0.25, 0.3) is 0 Å². The lowest BCUT2D eigenvalue weighted by Gasteiger charge is -2.25. The summed E-state index contributed by atoms with van der Waals surface area (Å²) >= 11 is 0. The molecule has 0 saturated heterocycles. The van der Waals surface area contributed by atoms with Gasteiger partial charge in [0.05, 0.1) is 6.10 Å².